The van der Waals surface area contributed by atoms with Gasteiger partial charge in [0.25, 0.3) is 5.97 Å². The molecule has 0 aromatic carbocycles. The first kappa shape index (κ1) is 20.4. The second kappa shape index (κ2) is 12.0. The lowest BCUT2D eigenvalue weighted by Gasteiger charge is -2.37. The van der Waals surface area contributed by atoms with Crippen molar-refractivity contribution in [1.29, 1.82) is 5.26 Å². The number of hydrogen-bond acceptors (Lipinski definition) is 4. The van der Waals surface area contributed by atoms with Crippen molar-refractivity contribution in [1.82, 2.24) is 0 Å². The van der Waals surface area contributed by atoms with Crippen molar-refractivity contribution in [2.75, 3.05) is 21.3 Å². The Bertz CT molecular complexity index is 276. The van der Waals surface area contributed by atoms with E-state index in [0.29, 0.717) is 0 Å². The molecule has 0 N–H and O–H groups in total. The van der Waals surface area contributed by atoms with Crippen LogP contribution < -0.4 is 0 Å². The number of methoxy groups -OCH3 is 3. The number of nitriles is 1. The fourth-order valence-electron chi connectivity index (χ4n) is 2.84. The molecule has 124 valence electrons. The molecule has 0 bridgehead atoms. The molecule has 0 aromatic rings. The molecule has 0 aliphatic carbocycles. The van der Waals surface area contributed by atoms with E-state index in [1.54, 1.807) is 21.3 Å². The molecule has 0 aliphatic rings. The number of rotatable bonds is 13. The minimum absolute atomic E-state index is 0.0325. The number of nitrogens with zero attached hydrogens (tertiary/aromatic N) is 1. The highest BCUT2D eigenvalue weighted by Crippen LogP contribution is 2.33. The van der Waals surface area contributed by atoms with Gasteiger partial charge in [0.15, 0.2) is 0 Å². The Morgan fingerprint density at radius 1 is 0.952 bits per heavy atom. The Morgan fingerprint density at radius 3 is 1.95 bits per heavy atom. The molecule has 0 saturated carbocycles. The first-order valence-electron chi connectivity index (χ1n) is 8.15. The molecule has 0 rings (SSSR count). The predicted octanol–water partition coefficient (Wildman–Crippen LogP) is 4.50. The zero-order valence-corrected chi connectivity index (χ0v) is 14.5. The van der Waals surface area contributed by atoms with Crippen molar-refractivity contribution < 1.29 is 14.2 Å². The van der Waals surface area contributed by atoms with Crippen LogP contribution in [0.1, 0.15) is 65.2 Å². The van der Waals surface area contributed by atoms with Crippen LogP contribution in [0.3, 0.4) is 0 Å². The van der Waals surface area contributed by atoms with Gasteiger partial charge in [-0.15, -0.1) is 0 Å². The van der Waals surface area contributed by atoms with E-state index >= 15 is 0 Å². The van der Waals surface area contributed by atoms with E-state index in [9.17, 15) is 0 Å². The summed E-state index contributed by atoms with van der Waals surface area (Å²) in [7, 11) is 4.79. The van der Waals surface area contributed by atoms with E-state index in [2.05, 4.69) is 13.0 Å². The highest BCUT2D eigenvalue weighted by molar-refractivity contribution is 4.84. The van der Waals surface area contributed by atoms with Gasteiger partial charge in [0.2, 0.25) is 0 Å². The average Bonchev–Trinajstić information content (AvgIpc) is 2.52. The molecule has 0 radical (unpaired) electrons. The zero-order chi connectivity index (χ0) is 16.1. The van der Waals surface area contributed by atoms with Crippen LogP contribution in [0.2, 0.25) is 0 Å². The molecule has 4 heteroatoms. The van der Waals surface area contributed by atoms with E-state index in [1.165, 1.54) is 32.1 Å². The molecule has 0 heterocycles. The van der Waals surface area contributed by atoms with Crippen LogP contribution in [-0.2, 0) is 14.2 Å². The Balaban J connectivity index is 4.49. The van der Waals surface area contributed by atoms with Gasteiger partial charge in [-0.2, -0.15) is 5.26 Å². The van der Waals surface area contributed by atoms with Gasteiger partial charge in [0.1, 0.15) is 0 Å². The van der Waals surface area contributed by atoms with Gasteiger partial charge in [-0.25, -0.2) is 0 Å². The van der Waals surface area contributed by atoms with Crippen molar-refractivity contribution in [3.05, 3.63) is 0 Å². The Hall–Kier alpha value is -0.630. The summed E-state index contributed by atoms with van der Waals surface area (Å²) in [4.78, 5) is 0. The molecule has 2 unspecified atom stereocenters. The summed E-state index contributed by atoms with van der Waals surface area (Å²) < 4.78 is 16.5. The van der Waals surface area contributed by atoms with E-state index < -0.39 is 5.97 Å². The summed E-state index contributed by atoms with van der Waals surface area (Å²) in [5.74, 6) is -0.998. The number of unbranched alkanes of at least 4 members (excludes halogenated alkanes) is 5. The predicted molar refractivity (Wildman–Crippen MR) is 84.6 cm³/mol. The van der Waals surface area contributed by atoms with Crippen LogP contribution >= 0.6 is 0 Å². The van der Waals surface area contributed by atoms with Crippen molar-refractivity contribution >= 4 is 0 Å². The fraction of sp³-hybridized carbons (Fsp3) is 0.941. The monoisotopic (exact) mass is 299 g/mol. The molecular weight excluding hydrogens is 266 g/mol. The first-order chi connectivity index (χ1) is 10.1. The van der Waals surface area contributed by atoms with Crippen LogP contribution in [0.15, 0.2) is 0 Å². The summed E-state index contributed by atoms with van der Waals surface area (Å²) in [6, 6.07) is 2.29. The van der Waals surface area contributed by atoms with E-state index in [-0.39, 0.29) is 11.8 Å². The lowest BCUT2D eigenvalue weighted by molar-refractivity contribution is -0.381. The summed E-state index contributed by atoms with van der Waals surface area (Å²) in [5, 5.41) is 9.06. The highest BCUT2D eigenvalue weighted by Gasteiger charge is 2.40. The summed E-state index contributed by atoms with van der Waals surface area (Å²) in [6.45, 7) is 4.16. The Morgan fingerprint density at radius 2 is 1.48 bits per heavy atom. The summed E-state index contributed by atoms with van der Waals surface area (Å²) in [6.07, 6.45) is 9.16. The molecule has 21 heavy (non-hydrogen) atoms. The van der Waals surface area contributed by atoms with Crippen LogP contribution in [0.4, 0.5) is 0 Å². The maximum atomic E-state index is 9.06. The third kappa shape index (κ3) is 7.26. The van der Waals surface area contributed by atoms with Gasteiger partial charge in [0, 0.05) is 33.2 Å². The molecular formula is C17H33NO3. The van der Waals surface area contributed by atoms with Gasteiger partial charge in [0.05, 0.1) is 6.07 Å². The minimum Gasteiger partial charge on any atom is -0.331 e. The fourth-order valence-corrected chi connectivity index (χ4v) is 2.84. The largest absolute Gasteiger partial charge is 0.331 e. The van der Waals surface area contributed by atoms with Crippen molar-refractivity contribution in [3.63, 3.8) is 0 Å². The first-order valence-corrected chi connectivity index (χ1v) is 8.15. The SMILES string of the molecule is CCCCCCCCC(CC(C)C#N)C(OC)(OC)OC. The van der Waals surface area contributed by atoms with Crippen molar-refractivity contribution in [3.8, 4) is 6.07 Å². The highest BCUT2D eigenvalue weighted by atomic mass is 16.9. The van der Waals surface area contributed by atoms with Gasteiger partial charge >= 0.3 is 0 Å². The van der Waals surface area contributed by atoms with Crippen LogP contribution in [0, 0.1) is 23.2 Å². The summed E-state index contributed by atoms with van der Waals surface area (Å²) >= 11 is 0. The normalized spacial score (nSPS) is 14.7. The molecule has 0 amide bonds. The van der Waals surface area contributed by atoms with Crippen molar-refractivity contribution in [2.45, 2.75) is 71.2 Å². The third-order valence-electron chi connectivity index (χ3n) is 4.12. The third-order valence-corrected chi connectivity index (χ3v) is 4.12. The molecule has 0 aliphatic heterocycles. The zero-order valence-electron chi connectivity index (χ0n) is 14.5. The number of ether oxygens (including phenoxy) is 3. The van der Waals surface area contributed by atoms with Gasteiger partial charge < -0.3 is 14.2 Å². The molecule has 0 spiro atoms. The smallest absolute Gasteiger partial charge is 0.285 e. The Labute approximate surface area is 130 Å². The standard InChI is InChI=1S/C17H33NO3/c1-6-7-8-9-10-11-12-16(13-15(2)14-18)17(19-3,20-4)21-5/h15-16H,6-13H2,1-5H3. The van der Waals surface area contributed by atoms with Crippen LogP contribution in [0.5, 0.6) is 0 Å². The summed E-state index contributed by atoms with van der Waals surface area (Å²) in [5.41, 5.74) is 0. The topological polar surface area (TPSA) is 51.5 Å². The Kier molecular flexibility index (Phi) is 11.6. The second-order valence-corrected chi connectivity index (χ2v) is 5.74. The van der Waals surface area contributed by atoms with Gasteiger partial charge in [-0.05, 0) is 19.8 Å². The van der Waals surface area contributed by atoms with E-state index in [4.69, 9.17) is 19.5 Å². The van der Waals surface area contributed by atoms with Crippen molar-refractivity contribution in [2.24, 2.45) is 11.8 Å². The second-order valence-electron chi connectivity index (χ2n) is 5.74. The molecule has 0 fully saturated rings. The molecule has 4 nitrogen and oxygen atoms in total. The van der Waals surface area contributed by atoms with Crippen LogP contribution in [-0.4, -0.2) is 27.3 Å². The lowest BCUT2D eigenvalue weighted by Crippen LogP contribution is -2.44. The lowest BCUT2D eigenvalue weighted by atomic mass is 9.89. The van der Waals surface area contributed by atoms with Crippen LogP contribution in [0.25, 0.3) is 0 Å². The van der Waals surface area contributed by atoms with Gasteiger partial charge in [-0.1, -0.05) is 45.4 Å². The average molecular weight is 299 g/mol. The van der Waals surface area contributed by atoms with E-state index in [1.807, 2.05) is 6.92 Å². The quantitative estimate of drug-likeness (QED) is 0.371. The maximum absolute atomic E-state index is 9.06. The van der Waals surface area contributed by atoms with E-state index in [0.717, 1.165) is 19.3 Å². The molecule has 0 aromatic heterocycles. The number of hydrogen-bond donors (Lipinski definition) is 0. The maximum Gasteiger partial charge on any atom is 0.285 e. The molecule has 2 atom stereocenters. The minimum atomic E-state index is -1.03. The molecule has 0 saturated heterocycles. The van der Waals surface area contributed by atoms with Gasteiger partial charge in [-0.3, -0.25) is 0 Å².